The molecule has 1 N–H and O–H groups in total. The van der Waals surface area contributed by atoms with Crippen LogP contribution in [0, 0.1) is 0 Å². The molecule has 1 atom stereocenters. The first-order chi connectivity index (χ1) is 28.6. The lowest BCUT2D eigenvalue weighted by atomic mass is 10.0. The average molecular weight is 809 g/mol. The van der Waals surface area contributed by atoms with Gasteiger partial charge in [0.15, 0.2) is 0 Å². The normalized spacial score (nSPS) is 15.4. The first-order valence-electron chi connectivity index (χ1n) is 20.1. The van der Waals surface area contributed by atoms with E-state index in [2.05, 4.69) is 38.8 Å². The van der Waals surface area contributed by atoms with Crippen molar-refractivity contribution >= 4 is 35.2 Å². The Hall–Kier alpha value is -5.79. The van der Waals surface area contributed by atoms with Gasteiger partial charge in [-0.25, -0.2) is 0 Å². The number of anilines is 2. The van der Waals surface area contributed by atoms with Crippen molar-refractivity contribution < 1.29 is 33.0 Å². The molecule has 11 nitrogen and oxygen atoms in total. The van der Waals surface area contributed by atoms with Gasteiger partial charge in [0.25, 0.3) is 0 Å². The van der Waals surface area contributed by atoms with Gasteiger partial charge in [-0.3, -0.25) is 19.3 Å². The van der Waals surface area contributed by atoms with E-state index in [4.69, 9.17) is 0 Å². The number of alkyl halides is 2. The average Bonchev–Trinajstić information content (AvgIpc) is 3.25. The quantitative estimate of drug-likeness (QED) is 0.151. The van der Waals surface area contributed by atoms with Crippen LogP contribution in [0.5, 0.6) is 5.75 Å². The highest BCUT2D eigenvalue weighted by molar-refractivity contribution is 5.96. The largest absolute Gasteiger partial charge is 0.435 e. The van der Waals surface area contributed by atoms with Crippen molar-refractivity contribution in [2.24, 2.45) is 0 Å². The number of hydrogen-bond acceptors (Lipinski definition) is 8. The Morgan fingerprint density at radius 3 is 2.00 bits per heavy atom. The van der Waals surface area contributed by atoms with Gasteiger partial charge in [0.2, 0.25) is 17.7 Å². The molecule has 2 fully saturated rings. The smallest absolute Gasteiger partial charge is 0.387 e. The molecular formula is C46H54F2N6O5. The van der Waals surface area contributed by atoms with Crippen molar-refractivity contribution in [3.8, 4) is 5.75 Å². The number of likely N-dealkylation sites (N-methyl/N-ethyl adjacent to an activating group) is 1. The second-order valence-electron chi connectivity index (χ2n) is 15.0. The number of hydrogen-bond donors (Lipinski definition) is 1. The number of rotatable bonds is 16. The van der Waals surface area contributed by atoms with Gasteiger partial charge in [0.05, 0.1) is 6.61 Å². The van der Waals surface area contributed by atoms with Gasteiger partial charge >= 0.3 is 6.61 Å². The molecule has 0 unspecified atom stereocenters. The molecule has 2 aliphatic rings. The van der Waals surface area contributed by atoms with Crippen LogP contribution in [0.3, 0.4) is 0 Å². The lowest BCUT2D eigenvalue weighted by Gasteiger charge is -2.39. The third-order valence-electron chi connectivity index (χ3n) is 11.0. The van der Waals surface area contributed by atoms with E-state index in [-0.39, 0.29) is 36.6 Å². The van der Waals surface area contributed by atoms with Gasteiger partial charge in [-0.2, -0.15) is 8.78 Å². The summed E-state index contributed by atoms with van der Waals surface area (Å²) in [6.45, 7) is 5.35. The van der Waals surface area contributed by atoms with Crippen molar-refractivity contribution in [2.75, 3.05) is 82.4 Å². The molecule has 0 aromatic heterocycles. The van der Waals surface area contributed by atoms with Crippen molar-refractivity contribution in [3.05, 3.63) is 131 Å². The second kappa shape index (κ2) is 20.8. The zero-order chi connectivity index (χ0) is 41.7. The van der Waals surface area contributed by atoms with E-state index in [0.29, 0.717) is 57.8 Å². The number of nitrogens with zero attached hydrogens (tertiary/aromatic N) is 6. The van der Waals surface area contributed by atoms with E-state index >= 15 is 0 Å². The highest BCUT2D eigenvalue weighted by atomic mass is 19.3. The van der Waals surface area contributed by atoms with E-state index in [1.165, 1.54) is 18.2 Å². The first kappa shape index (κ1) is 42.8. The van der Waals surface area contributed by atoms with Gasteiger partial charge in [0, 0.05) is 110 Å². The molecule has 4 aromatic carbocycles. The van der Waals surface area contributed by atoms with Crippen LogP contribution in [-0.4, -0.2) is 128 Å². The Morgan fingerprint density at radius 1 is 0.763 bits per heavy atom. The molecule has 0 spiro atoms. The van der Waals surface area contributed by atoms with Gasteiger partial charge in [0.1, 0.15) is 11.8 Å². The monoisotopic (exact) mass is 808 g/mol. The van der Waals surface area contributed by atoms with Crippen molar-refractivity contribution in [1.82, 2.24) is 19.6 Å². The number of benzene rings is 4. The summed E-state index contributed by atoms with van der Waals surface area (Å²) in [5, 5.41) is 9.29. The van der Waals surface area contributed by atoms with E-state index in [1.54, 1.807) is 30.0 Å². The van der Waals surface area contributed by atoms with E-state index in [9.17, 15) is 28.3 Å². The number of ether oxygens (including phenoxy) is 1. The molecule has 3 amide bonds. The van der Waals surface area contributed by atoms with E-state index < -0.39 is 12.7 Å². The van der Waals surface area contributed by atoms with Gasteiger partial charge < -0.3 is 34.3 Å². The fraction of sp³-hybridized carbons (Fsp3) is 0.370. The molecule has 312 valence electrons. The van der Waals surface area contributed by atoms with E-state index in [1.807, 2.05) is 76.3 Å². The summed E-state index contributed by atoms with van der Waals surface area (Å²) in [4.78, 5) is 52.9. The summed E-state index contributed by atoms with van der Waals surface area (Å²) in [6.07, 6.45) is 3.36. The zero-order valence-corrected chi connectivity index (χ0v) is 33.8. The third kappa shape index (κ3) is 12.1. The van der Waals surface area contributed by atoms with Crippen LogP contribution in [0.15, 0.2) is 109 Å². The number of amides is 3. The SMILES string of the molecule is CC(=O)N1CCN(c2ccc(CN(C(=O)C=Cc3ccc(OC(F)F)cc3)[C@@H](Cc3ccccc3)C(=O)N3CCN(Cc4ccc(N(C)CCO)cc4)CC3)cc2)CC1. The summed E-state index contributed by atoms with van der Waals surface area (Å²) in [5.74, 6) is -0.394. The predicted molar refractivity (Wildman–Crippen MR) is 226 cm³/mol. The molecule has 59 heavy (non-hydrogen) atoms. The van der Waals surface area contributed by atoms with Crippen LogP contribution in [0.2, 0.25) is 0 Å². The molecule has 0 bridgehead atoms. The molecule has 0 aliphatic carbocycles. The zero-order valence-electron chi connectivity index (χ0n) is 33.8. The minimum Gasteiger partial charge on any atom is -0.435 e. The Balaban J connectivity index is 1.21. The van der Waals surface area contributed by atoms with Crippen LogP contribution in [0.1, 0.15) is 29.2 Å². The van der Waals surface area contributed by atoms with Crippen LogP contribution in [0.25, 0.3) is 6.08 Å². The minimum absolute atomic E-state index is 0.0166. The molecule has 6 rings (SSSR count). The molecule has 0 saturated carbocycles. The second-order valence-corrected chi connectivity index (χ2v) is 15.0. The molecular weight excluding hydrogens is 755 g/mol. The summed E-state index contributed by atoms with van der Waals surface area (Å²) in [5.41, 5.74) is 5.62. The minimum atomic E-state index is -2.94. The summed E-state index contributed by atoms with van der Waals surface area (Å²) < 4.78 is 30.0. The standard InChI is InChI=1S/C46H54F2N6O5/c1-35(56)51-26-28-52(29-27-51)41-17-10-39(11-18-41)34-54(44(57)21-14-36-12-19-42(20-13-36)59-46(47)48)43(32-37-6-4-3-5-7-37)45(58)53-24-22-50(23-25-53)33-38-8-15-40(16-9-38)49(2)30-31-55/h3-21,43,46,55H,22-34H2,1-2H3/t43-/m0/s1. The number of aliphatic hydroxyl groups excluding tert-OH is 1. The number of aliphatic hydroxyl groups is 1. The Kier molecular flexibility index (Phi) is 15.1. The maximum atomic E-state index is 14.8. The number of carbonyl (C=O) groups excluding carboxylic acids is 3. The summed E-state index contributed by atoms with van der Waals surface area (Å²) >= 11 is 0. The maximum absolute atomic E-state index is 14.8. The summed E-state index contributed by atoms with van der Waals surface area (Å²) in [7, 11) is 1.95. The van der Waals surface area contributed by atoms with Crippen LogP contribution >= 0.6 is 0 Å². The fourth-order valence-corrected chi connectivity index (χ4v) is 7.55. The Labute approximate surface area is 345 Å². The van der Waals surface area contributed by atoms with Crippen molar-refractivity contribution in [2.45, 2.75) is 39.1 Å². The highest BCUT2D eigenvalue weighted by Gasteiger charge is 2.34. The number of piperazine rings is 2. The molecule has 4 aromatic rings. The highest BCUT2D eigenvalue weighted by Crippen LogP contribution is 2.23. The van der Waals surface area contributed by atoms with Gasteiger partial charge in [-0.1, -0.05) is 66.7 Å². The number of carbonyl (C=O) groups is 3. The molecule has 2 heterocycles. The first-order valence-corrected chi connectivity index (χ1v) is 20.1. The van der Waals surface area contributed by atoms with Gasteiger partial charge in [-0.15, -0.1) is 0 Å². The Bertz CT molecular complexity index is 1980. The fourth-order valence-electron chi connectivity index (χ4n) is 7.55. The Morgan fingerprint density at radius 2 is 1.39 bits per heavy atom. The lowest BCUT2D eigenvalue weighted by Crippen LogP contribution is -2.56. The lowest BCUT2D eigenvalue weighted by molar-refractivity contribution is -0.145. The third-order valence-corrected chi connectivity index (χ3v) is 11.0. The predicted octanol–water partition coefficient (Wildman–Crippen LogP) is 5.38. The molecule has 2 aliphatic heterocycles. The topological polar surface area (TPSA) is 100 Å². The van der Waals surface area contributed by atoms with Crippen LogP contribution in [0.4, 0.5) is 20.2 Å². The van der Waals surface area contributed by atoms with Crippen molar-refractivity contribution in [1.29, 1.82) is 0 Å². The molecule has 2 saturated heterocycles. The maximum Gasteiger partial charge on any atom is 0.387 e. The van der Waals surface area contributed by atoms with E-state index in [0.717, 1.165) is 47.7 Å². The molecule has 0 radical (unpaired) electrons. The number of halogens is 2. The molecule has 13 heteroatoms. The van der Waals surface area contributed by atoms with Crippen molar-refractivity contribution in [3.63, 3.8) is 0 Å². The van der Waals surface area contributed by atoms with Crippen LogP contribution < -0.4 is 14.5 Å². The van der Waals surface area contributed by atoms with Crippen LogP contribution in [-0.2, 0) is 33.9 Å². The summed E-state index contributed by atoms with van der Waals surface area (Å²) in [6, 6.07) is 31.2. The van der Waals surface area contributed by atoms with Gasteiger partial charge in [-0.05, 0) is 64.7 Å².